The number of amides is 2. The second-order valence-electron chi connectivity index (χ2n) is 6.82. The fourth-order valence-corrected chi connectivity index (χ4v) is 2.95. The fourth-order valence-electron chi connectivity index (χ4n) is 2.95. The van der Waals surface area contributed by atoms with Crippen LogP contribution in [0.15, 0.2) is 18.2 Å². The Morgan fingerprint density at radius 2 is 2.00 bits per heavy atom. The van der Waals surface area contributed by atoms with Crippen molar-refractivity contribution < 1.29 is 23.9 Å². The van der Waals surface area contributed by atoms with Crippen molar-refractivity contribution in [1.82, 2.24) is 9.80 Å². The van der Waals surface area contributed by atoms with Gasteiger partial charge >= 0.3 is 5.97 Å². The van der Waals surface area contributed by atoms with Gasteiger partial charge in [-0.2, -0.15) is 0 Å². The second kappa shape index (κ2) is 8.27. The number of carboxylic acids is 1. The van der Waals surface area contributed by atoms with Crippen LogP contribution in [0.1, 0.15) is 12.0 Å². The highest BCUT2D eigenvalue weighted by atomic mass is 19.1. The van der Waals surface area contributed by atoms with E-state index in [0.29, 0.717) is 6.54 Å². The molecule has 1 heterocycles. The lowest BCUT2D eigenvalue weighted by Crippen LogP contribution is -2.43. The third-order valence-electron chi connectivity index (χ3n) is 4.32. The number of aryl methyl sites for hydroxylation is 1. The van der Waals surface area contributed by atoms with Crippen LogP contribution in [-0.2, 0) is 14.4 Å². The van der Waals surface area contributed by atoms with Crippen molar-refractivity contribution in [3.05, 3.63) is 29.6 Å². The highest BCUT2D eigenvalue weighted by Gasteiger charge is 2.38. The van der Waals surface area contributed by atoms with Gasteiger partial charge in [-0.05, 0) is 38.7 Å². The van der Waals surface area contributed by atoms with Gasteiger partial charge in [-0.25, -0.2) is 4.39 Å². The Morgan fingerprint density at radius 3 is 2.58 bits per heavy atom. The van der Waals surface area contributed by atoms with Crippen LogP contribution in [0.2, 0.25) is 0 Å². The summed E-state index contributed by atoms with van der Waals surface area (Å²) in [5, 5.41) is 9.05. The summed E-state index contributed by atoms with van der Waals surface area (Å²) in [5.41, 5.74) is 0.885. The van der Waals surface area contributed by atoms with Crippen LogP contribution in [0, 0.1) is 18.7 Å². The molecular weight excluding hydrogens is 341 g/mol. The quantitative estimate of drug-likeness (QED) is 0.779. The number of aliphatic carboxylic acids is 1. The molecule has 1 aliphatic heterocycles. The van der Waals surface area contributed by atoms with Crippen molar-refractivity contribution in [2.45, 2.75) is 13.3 Å². The van der Waals surface area contributed by atoms with E-state index in [2.05, 4.69) is 0 Å². The van der Waals surface area contributed by atoms with E-state index in [1.54, 1.807) is 13.0 Å². The van der Waals surface area contributed by atoms with E-state index in [9.17, 15) is 18.8 Å². The molecule has 0 bridgehead atoms. The first kappa shape index (κ1) is 19.8. The maximum atomic E-state index is 14.2. The highest BCUT2D eigenvalue weighted by molar-refractivity contribution is 6.00. The molecule has 2 rings (SSSR count). The molecule has 0 aromatic heterocycles. The van der Waals surface area contributed by atoms with Gasteiger partial charge in [-0.1, -0.05) is 6.07 Å². The summed E-state index contributed by atoms with van der Waals surface area (Å²) in [6.45, 7) is 2.14. The number of carbonyl (C=O) groups excluding carboxylic acids is 2. The van der Waals surface area contributed by atoms with Crippen molar-refractivity contribution in [2.24, 2.45) is 5.92 Å². The lowest BCUT2D eigenvalue weighted by atomic mass is 10.1. The molecule has 26 heavy (non-hydrogen) atoms. The molecule has 0 saturated carbocycles. The van der Waals surface area contributed by atoms with Gasteiger partial charge in [-0.15, -0.1) is 0 Å². The summed E-state index contributed by atoms with van der Waals surface area (Å²) >= 11 is 0. The van der Waals surface area contributed by atoms with Crippen LogP contribution in [0.5, 0.6) is 0 Å². The first-order valence-electron chi connectivity index (χ1n) is 8.41. The Bertz CT molecular complexity index is 708. The number of halogens is 1. The zero-order valence-corrected chi connectivity index (χ0v) is 15.2. The number of hydrogen-bond acceptors (Lipinski definition) is 4. The van der Waals surface area contributed by atoms with Crippen LogP contribution < -0.4 is 4.90 Å². The van der Waals surface area contributed by atoms with Crippen molar-refractivity contribution in [3.8, 4) is 0 Å². The normalized spacial score (nSPS) is 17.0. The minimum absolute atomic E-state index is 0.0513. The lowest BCUT2D eigenvalue weighted by Gasteiger charge is -2.25. The zero-order chi connectivity index (χ0) is 19.4. The number of carbonyl (C=O) groups is 3. The topological polar surface area (TPSA) is 81.2 Å². The monoisotopic (exact) mass is 365 g/mol. The third-order valence-corrected chi connectivity index (χ3v) is 4.32. The van der Waals surface area contributed by atoms with E-state index in [1.807, 2.05) is 19.0 Å². The molecule has 1 fully saturated rings. The van der Waals surface area contributed by atoms with E-state index in [4.69, 9.17) is 5.11 Å². The van der Waals surface area contributed by atoms with Gasteiger partial charge in [0.15, 0.2) is 0 Å². The largest absolute Gasteiger partial charge is 0.480 e. The van der Waals surface area contributed by atoms with Crippen molar-refractivity contribution in [3.63, 3.8) is 0 Å². The molecule has 1 atom stereocenters. The number of hydrogen-bond donors (Lipinski definition) is 1. The molecule has 1 N–H and O–H groups in total. The molecular formula is C18H24FN3O4. The Kier molecular flexibility index (Phi) is 6.31. The minimum atomic E-state index is -1.11. The molecule has 7 nitrogen and oxygen atoms in total. The van der Waals surface area contributed by atoms with Gasteiger partial charge in [0.2, 0.25) is 11.8 Å². The third kappa shape index (κ3) is 4.78. The highest BCUT2D eigenvalue weighted by Crippen LogP contribution is 2.29. The standard InChI is InChI=1S/C18H24FN3O4/c1-12-4-5-15(14(19)8-12)22-10-13(9-16(22)23)18(26)21(11-17(24)25)7-6-20(2)3/h4-5,8,13H,6-7,9-11H2,1-3H3,(H,24,25)/t13-/m0/s1. The van der Waals surface area contributed by atoms with Crippen LogP contribution in [0.25, 0.3) is 0 Å². The number of rotatable bonds is 7. The van der Waals surface area contributed by atoms with Gasteiger partial charge in [0, 0.05) is 26.1 Å². The molecule has 8 heteroatoms. The maximum Gasteiger partial charge on any atom is 0.323 e. The van der Waals surface area contributed by atoms with Crippen LogP contribution in [-0.4, -0.2) is 73.0 Å². The summed E-state index contributed by atoms with van der Waals surface area (Å²) in [5.74, 6) is -3.03. The smallest absolute Gasteiger partial charge is 0.323 e. The Labute approximate surface area is 152 Å². The van der Waals surface area contributed by atoms with E-state index in [1.165, 1.54) is 21.9 Å². The number of carboxylic acid groups (broad SMARTS) is 1. The van der Waals surface area contributed by atoms with E-state index >= 15 is 0 Å². The molecule has 1 aromatic rings. The average Bonchev–Trinajstić information content (AvgIpc) is 2.92. The predicted molar refractivity (Wildman–Crippen MR) is 94.4 cm³/mol. The van der Waals surface area contributed by atoms with Crippen LogP contribution in [0.3, 0.4) is 0 Å². The maximum absolute atomic E-state index is 14.2. The average molecular weight is 365 g/mol. The Hall–Kier alpha value is -2.48. The summed E-state index contributed by atoms with van der Waals surface area (Å²) in [6.07, 6.45) is -0.0514. The van der Waals surface area contributed by atoms with E-state index in [0.717, 1.165) is 5.56 Å². The Morgan fingerprint density at radius 1 is 1.31 bits per heavy atom. The first-order valence-corrected chi connectivity index (χ1v) is 8.41. The predicted octanol–water partition coefficient (Wildman–Crippen LogP) is 0.962. The summed E-state index contributed by atoms with van der Waals surface area (Å²) in [6, 6.07) is 4.57. The molecule has 1 saturated heterocycles. The van der Waals surface area contributed by atoms with Crippen LogP contribution >= 0.6 is 0 Å². The molecule has 1 aliphatic rings. The fraction of sp³-hybridized carbons (Fsp3) is 0.500. The summed E-state index contributed by atoms with van der Waals surface area (Å²) in [7, 11) is 3.65. The molecule has 0 aliphatic carbocycles. The minimum Gasteiger partial charge on any atom is -0.480 e. The number of nitrogens with zero attached hydrogens (tertiary/aromatic N) is 3. The SMILES string of the molecule is Cc1ccc(N2C[C@@H](C(=O)N(CCN(C)C)CC(=O)O)CC2=O)c(F)c1. The van der Waals surface area contributed by atoms with Gasteiger partial charge in [0.25, 0.3) is 0 Å². The molecule has 142 valence electrons. The van der Waals surface area contributed by atoms with Gasteiger partial charge in [0.1, 0.15) is 12.4 Å². The molecule has 0 spiro atoms. The van der Waals surface area contributed by atoms with E-state index < -0.39 is 30.2 Å². The van der Waals surface area contributed by atoms with Crippen molar-refractivity contribution in [2.75, 3.05) is 45.2 Å². The molecule has 1 aromatic carbocycles. The summed E-state index contributed by atoms with van der Waals surface area (Å²) < 4.78 is 14.2. The number of benzene rings is 1. The Balaban J connectivity index is 2.13. The van der Waals surface area contributed by atoms with E-state index in [-0.39, 0.29) is 31.1 Å². The molecule has 0 radical (unpaired) electrons. The van der Waals surface area contributed by atoms with Crippen LogP contribution in [0.4, 0.5) is 10.1 Å². The molecule has 2 amide bonds. The number of anilines is 1. The van der Waals surface area contributed by atoms with Gasteiger partial charge in [0.05, 0.1) is 11.6 Å². The summed E-state index contributed by atoms with van der Waals surface area (Å²) in [4.78, 5) is 40.4. The van der Waals surface area contributed by atoms with Gasteiger partial charge < -0.3 is 19.8 Å². The van der Waals surface area contributed by atoms with Crippen molar-refractivity contribution in [1.29, 1.82) is 0 Å². The van der Waals surface area contributed by atoms with Gasteiger partial charge in [-0.3, -0.25) is 14.4 Å². The first-order chi connectivity index (χ1) is 12.2. The zero-order valence-electron chi connectivity index (χ0n) is 15.2. The number of likely N-dealkylation sites (N-methyl/N-ethyl adjacent to an activating group) is 1. The molecule has 0 unspecified atom stereocenters. The second-order valence-corrected chi connectivity index (χ2v) is 6.82. The van der Waals surface area contributed by atoms with Crippen molar-refractivity contribution >= 4 is 23.5 Å². The lowest BCUT2D eigenvalue weighted by molar-refractivity contribution is -0.146.